The quantitative estimate of drug-likeness (QED) is 0.622. The van der Waals surface area contributed by atoms with Crippen LogP contribution in [0.1, 0.15) is 6.92 Å². The number of benzene rings is 2. The summed E-state index contributed by atoms with van der Waals surface area (Å²) in [6, 6.07) is 15.0. The van der Waals surface area contributed by atoms with Gasteiger partial charge in [0, 0.05) is 5.69 Å². The van der Waals surface area contributed by atoms with Crippen LogP contribution in [-0.4, -0.2) is 38.0 Å². The molecule has 1 unspecified atom stereocenters. The molecule has 0 radical (unpaired) electrons. The van der Waals surface area contributed by atoms with E-state index in [0.717, 1.165) is 5.69 Å². The van der Waals surface area contributed by atoms with Gasteiger partial charge in [0.1, 0.15) is 5.75 Å². The monoisotopic (exact) mass is 391 g/mol. The predicted octanol–water partition coefficient (Wildman–Crippen LogP) is 3.38. The number of tetrazole rings is 1. The minimum absolute atomic E-state index is 0.0208. The number of halogens is 2. The van der Waals surface area contributed by atoms with Crippen molar-refractivity contribution < 1.29 is 18.3 Å². The lowest BCUT2D eigenvalue weighted by Crippen LogP contribution is -2.22. The van der Waals surface area contributed by atoms with Gasteiger partial charge in [0.05, 0.1) is 10.9 Å². The van der Waals surface area contributed by atoms with Crippen LogP contribution in [0.5, 0.6) is 5.75 Å². The van der Waals surface area contributed by atoms with Gasteiger partial charge < -0.3 is 10.1 Å². The highest BCUT2D eigenvalue weighted by molar-refractivity contribution is 8.00. The van der Waals surface area contributed by atoms with Crippen LogP contribution in [0.3, 0.4) is 0 Å². The Labute approximate surface area is 157 Å². The molecular formula is C17H15F2N5O2S. The van der Waals surface area contributed by atoms with Gasteiger partial charge in [0.25, 0.3) is 0 Å². The maximum atomic E-state index is 12.4. The molecule has 1 N–H and O–H groups in total. The Kier molecular flexibility index (Phi) is 5.97. The minimum atomic E-state index is -2.89. The van der Waals surface area contributed by atoms with Crippen LogP contribution in [0, 0.1) is 0 Å². The number of carbonyl (C=O) groups excluding carboxylic acids is 1. The number of carbonyl (C=O) groups is 1. The van der Waals surface area contributed by atoms with Crippen molar-refractivity contribution >= 4 is 23.4 Å². The van der Waals surface area contributed by atoms with Gasteiger partial charge in [-0.1, -0.05) is 30.0 Å². The highest BCUT2D eigenvalue weighted by Crippen LogP contribution is 2.24. The molecule has 0 saturated carbocycles. The Morgan fingerprint density at radius 3 is 2.52 bits per heavy atom. The fourth-order valence-electron chi connectivity index (χ4n) is 2.16. The van der Waals surface area contributed by atoms with Gasteiger partial charge in [-0.25, -0.2) is 0 Å². The summed E-state index contributed by atoms with van der Waals surface area (Å²) in [5.74, 6) is -0.252. The predicted molar refractivity (Wildman–Crippen MR) is 96.2 cm³/mol. The standard InChI is InChI=1S/C17H15F2N5O2S/c1-11(15(25)20-12-7-9-14(10-8-12)26-16(18)19)27-17-21-22-23-24(17)13-5-3-2-4-6-13/h2-11,16H,1H3,(H,20,25). The highest BCUT2D eigenvalue weighted by Gasteiger charge is 2.19. The van der Waals surface area contributed by atoms with E-state index < -0.39 is 11.9 Å². The first kappa shape index (κ1) is 18.8. The third-order valence-corrected chi connectivity index (χ3v) is 4.47. The molecule has 3 aromatic rings. The molecule has 0 fully saturated rings. The third-order valence-electron chi connectivity index (χ3n) is 3.44. The molecule has 10 heteroatoms. The maximum absolute atomic E-state index is 12.4. The zero-order valence-electron chi connectivity index (χ0n) is 14.1. The van der Waals surface area contributed by atoms with E-state index in [9.17, 15) is 13.6 Å². The summed E-state index contributed by atoms with van der Waals surface area (Å²) in [6.45, 7) is -1.17. The molecule has 3 rings (SSSR count). The third kappa shape index (κ3) is 5.00. The van der Waals surface area contributed by atoms with Gasteiger partial charge in [-0.2, -0.15) is 13.5 Å². The van der Waals surface area contributed by atoms with Gasteiger partial charge in [-0.15, -0.1) is 5.10 Å². The van der Waals surface area contributed by atoms with Gasteiger partial charge in [0.15, 0.2) is 0 Å². The topological polar surface area (TPSA) is 81.9 Å². The van der Waals surface area contributed by atoms with Gasteiger partial charge >= 0.3 is 6.61 Å². The Morgan fingerprint density at radius 2 is 1.85 bits per heavy atom. The smallest absolute Gasteiger partial charge is 0.387 e. The number of nitrogens with one attached hydrogen (secondary N) is 1. The van der Waals surface area contributed by atoms with E-state index in [1.54, 1.807) is 11.6 Å². The van der Waals surface area contributed by atoms with Crippen molar-refractivity contribution in [2.24, 2.45) is 0 Å². The fraction of sp³-hybridized carbons (Fsp3) is 0.176. The molecular weight excluding hydrogens is 376 g/mol. The lowest BCUT2D eigenvalue weighted by atomic mass is 10.3. The van der Waals surface area contributed by atoms with Gasteiger partial charge in [-0.05, 0) is 53.7 Å². The molecule has 1 amide bonds. The second-order valence-electron chi connectivity index (χ2n) is 5.36. The van der Waals surface area contributed by atoms with Crippen molar-refractivity contribution in [3.8, 4) is 11.4 Å². The summed E-state index contributed by atoms with van der Waals surface area (Å²) in [5, 5.41) is 14.3. The number of para-hydroxylation sites is 1. The molecule has 0 spiro atoms. The van der Waals surface area contributed by atoms with Crippen molar-refractivity contribution in [3.63, 3.8) is 0 Å². The van der Waals surface area contributed by atoms with E-state index in [0.29, 0.717) is 10.8 Å². The molecule has 0 aliphatic carbocycles. The van der Waals surface area contributed by atoms with Gasteiger partial charge in [0.2, 0.25) is 11.1 Å². The number of anilines is 1. The van der Waals surface area contributed by atoms with E-state index in [2.05, 4.69) is 25.6 Å². The molecule has 1 atom stereocenters. The number of hydrogen-bond donors (Lipinski definition) is 1. The zero-order valence-corrected chi connectivity index (χ0v) is 14.9. The van der Waals surface area contributed by atoms with Crippen molar-refractivity contribution in [3.05, 3.63) is 54.6 Å². The maximum Gasteiger partial charge on any atom is 0.387 e. The SMILES string of the molecule is CC(Sc1nnnn1-c1ccccc1)C(=O)Nc1ccc(OC(F)F)cc1. The van der Waals surface area contributed by atoms with Crippen LogP contribution in [0.4, 0.5) is 14.5 Å². The zero-order chi connectivity index (χ0) is 19.2. The molecule has 1 aromatic heterocycles. The van der Waals surface area contributed by atoms with Crippen LogP contribution in [-0.2, 0) is 4.79 Å². The van der Waals surface area contributed by atoms with Crippen molar-refractivity contribution in [2.75, 3.05) is 5.32 Å². The normalized spacial score (nSPS) is 12.0. The summed E-state index contributed by atoms with van der Waals surface area (Å²) >= 11 is 1.20. The molecule has 1 heterocycles. The number of hydrogen-bond acceptors (Lipinski definition) is 6. The fourth-order valence-corrected chi connectivity index (χ4v) is 2.97. The van der Waals surface area contributed by atoms with E-state index in [1.807, 2.05) is 30.3 Å². The van der Waals surface area contributed by atoms with Crippen LogP contribution < -0.4 is 10.1 Å². The lowest BCUT2D eigenvalue weighted by molar-refractivity contribution is -0.115. The highest BCUT2D eigenvalue weighted by atomic mass is 32.2. The average molecular weight is 391 g/mol. The summed E-state index contributed by atoms with van der Waals surface area (Å²) in [7, 11) is 0. The Balaban J connectivity index is 1.63. The van der Waals surface area contributed by atoms with Crippen LogP contribution >= 0.6 is 11.8 Å². The minimum Gasteiger partial charge on any atom is -0.435 e. The second-order valence-corrected chi connectivity index (χ2v) is 6.67. The second kappa shape index (κ2) is 8.58. The first-order valence-electron chi connectivity index (χ1n) is 7.89. The molecule has 0 bridgehead atoms. The van der Waals surface area contributed by atoms with E-state index in [-0.39, 0.29) is 11.7 Å². The first-order valence-corrected chi connectivity index (χ1v) is 8.77. The summed E-state index contributed by atoms with van der Waals surface area (Å²) in [6.07, 6.45) is 0. The van der Waals surface area contributed by atoms with Gasteiger partial charge in [-0.3, -0.25) is 4.79 Å². The molecule has 2 aromatic carbocycles. The average Bonchev–Trinajstić information content (AvgIpc) is 3.11. The Hall–Kier alpha value is -3.01. The van der Waals surface area contributed by atoms with E-state index in [1.165, 1.54) is 36.0 Å². The van der Waals surface area contributed by atoms with Crippen molar-refractivity contribution in [1.29, 1.82) is 0 Å². The lowest BCUT2D eigenvalue weighted by Gasteiger charge is -2.12. The molecule has 0 aliphatic heterocycles. The first-order chi connectivity index (χ1) is 13.0. The molecule has 0 saturated heterocycles. The van der Waals surface area contributed by atoms with Crippen LogP contribution in [0.25, 0.3) is 5.69 Å². The molecule has 0 aliphatic rings. The van der Waals surface area contributed by atoms with Crippen LogP contribution in [0.15, 0.2) is 59.8 Å². The Bertz CT molecular complexity index is 890. The van der Waals surface area contributed by atoms with E-state index in [4.69, 9.17) is 0 Å². The number of thioether (sulfide) groups is 1. The summed E-state index contributed by atoms with van der Waals surface area (Å²) < 4.78 is 30.1. The van der Waals surface area contributed by atoms with Crippen LogP contribution in [0.2, 0.25) is 0 Å². The number of ether oxygens (including phenoxy) is 1. The number of nitrogens with zero attached hydrogens (tertiary/aromatic N) is 4. The van der Waals surface area contributed by atoms with Crippen molar-refractivity contribution in [1.82, 2.24) is 20.2 Å². The number of alkyl halides is 2. The van der Waals surface area contributed by atoms with E-state index >= 15 is 0 Å². The summed E-state index contributed by atoms with van der Waals surface area (Å²) in [4.78, 5) is 12.4. The number of amides is 1. The number of rotatable bonds is 7. The van der Waals surface area contributed by atoms with Crippen molar-refractivity contribution in [2.45, 2.75) is 23.9 Å². The molecule has 140 valence electrons. The molecule has 27 heavy (non-hydrogen) atoms. The number of aromatic nitrogens is 4. The molecule has 7 nitrogen and oxygen atoms in total. The largest absolute Gasteiger partial charge is 0.435 e. The Morgan fingerprint density at radius 1 is 1.15 bits per heavy atom. The summed E-state index contributed by atoms with van der Waals surface area (Å²) in [5.41, 5.74) is 1.25.